The molecule has 0 amide bonds. The van der Waals surface area contributed by atoms with E-state index in [1.165, 1.54) is 0 Å². The van der Waals surface area contributed by atoms with Gasteiger partial charge < -0.3 is 36.4 Å². The van der Waals surface area contributed by atoms with Crippen LogP contribution in [-0.2, 0) is 98.1 Å². The van der Waals surface area contributed by atoms with Crippen molar-refractivity contribution in [2.24, 2.45) is 0 Å². The van der Waals surface area contributed by atoms with Gasteiger partial charge in [-0.15, -0.1) is 0 Å². The molecule has 0 bridgehead atoms. The smallest absolute Gasteiger partial charge is 0 e. The zero-order valence-corrected chi connectivity index (χ0v) is 13.5. The normalized spacial score (nSPS) is 5.33. The summed E-state index contributed by atoms with van der Waals surface area (Å²) in [7, 11) is 0. The molecule has 0 aliphatic heterocycles. The van der Waals surface area contributed by atoms with E-state index in [9.17, 15) is 0 Å². The van der Waals surface area contributed by atoms with Crippen LogP contribution < -0.4 is 0 Å². The van der Waals surface area contributed by atoms with Crippen LogP contribution in [0.1, 0.15) is 0 Å². The Morgan fingerprint density at radius 1 is 0.556 bits per heavy atom. The summed E-state index contributed by atoms with van der Waals surface area (Å²) in [4.78, 5) is 0. The van der Waals surface area contributed by atoms with Gasteiger partial charge in [-0.1, -0.05) is 0 Å². The fourth-order valence-electron chi connectivity index (χ4n) is 0.269. The third-order valence-corrected chi connectivity index (χ3v) is 0.500. The molecule has 0 aromatic heterocycles. The van der Waals surface area contributed by atoms with Crippen molar-refractivity contribution in [1.82, 2.24) is 0 Å². The van der Waals surface area contributed by atoms with Crippen LogP contribution in [0.25, 0.3) is 0 Å². The Morgan fingerprint density at radius 2 is 0.778 bits per heavy atom. The minimum atomic E-state index is 0. The Hall–Kier alpha value is 2.53. The second kappa shape index (κ2) is 13.1. The van der Waals surface area contributed by atoms with Crippen LogP contribution in [-0.4, -0.2) is 0 Å². The predicted octanol–water partition coefficient (Wildman–Crippen LogP) is 1.08. The van der Waals surface area contributed by atoms with E-state index < -0.39 is 0 Å². The molecule has 1 aromatic rings. The minimum absolute atomic E-state index is 0. The third kappa shape index (κ3) is 10.5. The molecule has 1 aromatic carbocycles. The van der Waals surface area contributed by atoms with Gasteiger partial charge in [0.2, 0.25) is 0 Å². The van der Waals surface area contributed by atoms with Gasteiger partial charge in [0, 0.05) is 98.1 Å². The molecule has 0 aliphatic rings. The molecule has 0 heterocycles. The zero-order chi connectivity index (χ0) is 4.24. The molecule has 0 saturated heterocycles. The minimum Gasteiger partial charge on any atom is -0.545 e. The van der Waals surface area contributed by atoms with Crippen molar-refractivity contribution in [2.75, 3.05) is 0 Å². The molecular formula is C6H3Y3-3. The predicted molar refractivity (Wildman–Crippen MR) is 22.9 cm³/mol. The molecule has 3 heteroatoms. The van der Waals surface area contributed by atoms with Crippen LogP contribution in [0.5, 0.6) is 0 Å². The topological polar surface area (TPSA) is 0 Å². The van der Waals surface area contributed by atoms with Crippen LogP contribution in [0.2, 0.25) is 0 Å². The summed E-state index contributed by atoms with van der Waals surface area (Å²) < 4.78 is 0. The standard InChI is InChI=1S/C6H3.3Y/c1-2-4-6-5-3-1;;;/h1,4-5H;;;/q-3;;;. The van der Waals surface area contributed by atoms with Crippen LogP contribution in [0.4, 0.5) is 0 Å². The van der Waals surface area contributed by atoms with Crippen molar-refractivity contribution in [2.45, 2.75) is 0 Å². The van der Waals surface area contributed by atoms with Crippen LogP contribution >= 0.6 is 0 Å². The second-order valence-electron chi connectivity index (χ2n) is 0.933. The molecule has 0 saturated carbocycles. The van der Waals surface area contributed by atoms with Gasteiger partial charge in [-0.2, -0.15) is 0 Å². The fourth-order valence-corrected chi connectivity index (χ4v) is 0.269. The maximum Gasteiger partial charge on any atom is 0 e. The van der Waals surface area contributed by atoms with Gasteiger partial charge in [-0.3, -0.25) is 0 Å². The Balaban J connectivity index is -0.000000120. The van der Waals surface area contributed by atoms with Gasteiger partial charge >= 0.3 is 0 Å². The number of rotatable bonds is 0. The molecule has 0 nitrogen and oxygen atoms in total. The molecule has 3 radical (unpaired) electrons. The second-order valence-corrected chi connectivity index (χ2v) is 0.933. The average Bonchev–Trinajstić information content (AvgIpc) is 1.72. The summed E-state index contributed by atoms with van der Waals surface area (Å²) in [5.74, 6) is 0. The van der Waals surface area contributed by atoms with E-state index in [0.29, 0.717) is 0 Å². The quantitative estimate of drug-likeness (QED) is 0.620. The number of hydrogen-bond donors (Lipinski definition) is 0. The third-order valence-electron chi connectivity index (χ3n) is 0.500. The summed E-state index contributed by atoms with van der Waals surface area (Å²) >= 11 is 0. The monoisotopic (exact) mass is 342 g/mol. The van der Waals surface area contributed by atoms with Crippen LogP contribution in [0.15, 0.2) is 18.2 Å². The van der Waals surface area contributed by atoms with Gasteiger partial charge in [0.1, 0.15) is 0 Å². The molecule has 0 aliphatic carbocycles. The Labute approximate surface area is 132 Å². The molecule has 0 atom stereocenters. The van der Waals surface area contributed by atoms with Gasteiger partial charge in [0.15, 0.2) is 0 Å². The van der Waals surface area contributed by atoms with E-state index in [4.69, 9.17) is 0 Å². The van der Waals surface area contributed by atoms with Crippen molar-refractivity contribution >= 4 is 0 Å². The number of hydrogen-bond acceptors (Lipinski definition) is 0. The zero-order valence-electron chi connectivity index (χ0n) is 4.96. The first-order valence-corrected chi connectivity index (χ1v) is 1.73. The molecule has 0 N–H and O–H groups in total. The number of benzene rings is 1. The van der Waals surface area contributed by atoms with E-state index in [1.807, 2.05) is 0 Å². The van der Waals surface area contributed by atoms with E-state index in [0.717, 1.165) is 0 Å². The van der Waals surface area contributed by atoms with Crippen molar-refractivity contribution < 1.29 is 98.1 Å². The largest absolute Gasteiger partial charge is 0.545 e. The van der Waals surface area contributed by atoms with Crippen molar-refractivity contribution in [1.29, 1.82) is 0 Å². The summed E-state index contributed by atoms with van der Waals surface area (Å²) in [5.41, 5.74) is 0. The summed E-state index contributed by atoms with van der Waals surface area (Å²) in [6.07, 6.45) is 0. The van der Waals surface area contributed by atoms with E-state index in [-0.39, 0.29) is 98.1 Å². The fraction of sp³-hybridized carbons (Fsp3) is 0. The van der Waals surface area contributed by atoms with Crippen LogP contribution in [0, 0.1) is 18.2 Å². The Bertz CT molecular complexity index is 80.2. The van der Waals surface area contributed by atoms with Gasteiger partial charge in [0.05, 0.1) is 0 Å². The molecule has 39 valence electrons. The molecule has 9 heavy (non-hydrogen) atoms. The first-order valence-electron chi connectivity index (χ1n) is 1.73. The van der Waals surface area contributed by atoms with E-state index in [2.05, 4.69) is 18.2 Å². The summed E-state index contributed by atoms with van der Waals surface area (Å²) in [6.45, 7) is 0. The van der Waals surface area contributed by atoms with Crippen molar-refractivity contribution in [3.63, 3.8) is 0 Å². The van der Waals surface area contributed by atoms with Crippen LogP contribution in [0.3, 0.4) is 0 Å². The maximum absolute atomic E-state index is 2.78. The molecular weight excluding hydrogens is 339 g/mol. The van der Waals surface area contributed by atoms with E-state index >= 15 is 0 Å². The SMILES string of the molecule is [Y].[Y].[Y].[c-]1c[c-]c[c-]c1. The maximum atomic E-state index is 2.78. The summed E-state index contributed by atoms with van der Waals surface area (Å²) in [6, 6.07) is 13.5. The van der Waals surface area contributed by atoms with Gasteiger partial charge in [0.25, 0.3) is 0 Å². The van der Waals surface area contributed by atoms with Crippen molar-refractivity contribution in [3.8, 4) is 0 Å². The van der Waals surface area contributed by atoms with E-state index in [1.54, 1.807) is 18.2 Å². The molecule has 0 fully saturated rings. The molecule has 0 spiro atoms. The first-order chi connectivity index (χ1) is 3.00. The molecule has 1 rings (SSSR count). The Kier molecular flexibility index (Phi) is 25.7. The molecule has 0 unspecified atom stereocenters. The average molecular weight is 342 g/mol. The van der Waals surface area contributed by atoms with Gasteiger partial charge in [-0.25, -0.2) is 0 Å². The van der Waals surface area contributed by atoms with Crippen molar-refractivity contribution in [3.05, 3.63) is 36.4 Å². The first kappa shape index (κ1) is 17.6. The Morgan fingerprint density at radius 3 is 0.889 bits per heavy atom. The van der Waals surface area contributed by atoms with Gasteiger partial charge in [-0.05, 0) is 0 Å². The summed E-state index contributed by atoms with van der Waals surface area (Å²) in [5, 5.41) is 0.